The molecule has 0 saturated carbocycles. The van der Waals surface area contributed by atoms with E-state index in [1.54, 1.807) is 5.57 Å². The highest BCUT2D eigenvalue weighted by atomic mass is 14.3. The van der Waals surface area contributed by atoms with Crippen LogP contribution in [-0.4, -0.2) is 0 Å². The van der Waals surface area contributed by atoms with Crippen LogP contribution in [0.1, 0.15) is 32.6 Å². The van der Waals surface area contributed by atoms with Crippen LogP contribution in [0, 0.1) is 11.8 Å². The summed E-state index contributed by atoms with van der Waals surface area (Å²) in [6, 6.07) is 0. The van der Waals surface area contributed by atoms with Gasteiger partial charge in [-0.05, 0) is 43.1 Å². The summed E-state index contributed by atoms with van der Waals surface area (Å²) in [6.45, 7) is 2.38. The fraction of sp³-hybridized carbons (Fsp3) is 0.636. The van der Waals surface area contributed by atoms with E-state index in [9.17, 15) is 0 Å². The number of allylic oxidation sites excluding steroid dienone is 4. The van der Waals surface area contributed by atoms with E-state index in [0.29, 0.717) is 0 Å². The van der Waals surface area contributed by atoms with Gasteiger partial charge in [-0.1, -0.05) is 25.2 Å². The van der Waals surface area contributed by atoms with Crippen molar-refractivity contribution < 1.29 is 0 Å². The highest BCUT2D eigenvalue weighted by Crippen LogP contribution is 2.36. The highest BCUT2D eigenvalue weighted by molar-refractivity contribution is 5.27. The van der Waals surface area contributed by atoms with Crippen molar-refractivity contribution in [2.45, 2.75) is 32.6 Å². The van der Waals surface area contributed by atoms with Crippen molar-refractivity contribution >= 4 is 0 Å². The maximum absolute atomic E-state index is 2.43. The number of hydrogen-bond donors (Lipinski definition) is 0. The average molecular weight is 148 g/mol. The third-order valence-electron chi connectivity index (χ3n) is 3.03. The van der Waals surface area contributed by atoms with E-state index in [4.69, 9.17) is 0 Å². The van der Waals surface area contributed by atoms with Gasteiger partial charge >= 0.3 is 0 Å². The fourth-order valence-electron chi connectivity index (χ4n) is 2.31. The van der Waals surface area contributed by atoms with Gasteiger partial charge in [-0.3, -0.25) is 0 Å². The fourth-order valence-corrected chi connectivity index (χ4v) is 2.31. The smallest absolute Gasteiger partial charge is 0.0136 e. The summed E-state index contributed by atoms with van der Waals surface area (Å²) >= 11 is 0. The Hall–Kier alpha value is -0.520. The number of rotatable bonds is 0. The SMILES string of the molecule is CC1CC=CC2=CCCCC21. The molecule has 0 aromatic carbocycles. The topological polar surface area (TPSA) is 0 Å². The standard InChI is InChI=1S/C11H16/c1-9-5-4-7-10-6-2-3-8-11(9)10/h4,6-7,9,11H,2-3,5,8H2,1H3. The Morgan fingerprint density at radius 1 is 1.45 bits per heavy atom. The van der Waals surface area contributed by atoms with Gasteiger partial charge in [0, 0.05) is 0 Å². The van der Waals surface area contributed by atoms with Crippen molar-refractivity contribution in [1.82, 2.24) is 0 Å². The lowest BCUT2D eigenvalue weighted by Crippen LogP contribution is -2.18. The maximum atomic E-state index is 2.43. The normalized spacial score (nSPS) is 36.3. The maximum Gasteiger partial charge on any atom is -0.0136 e. The van der Waals surface area contributed by atoms with Crippen molar-refractivity contribution in [3.05, 3.63) is 23.8 Å². The van der Waals surface area contributed by atoms with Gasteiger partial charge in [0.05, 0.1) is 0 Å². The van der Waals surface area contributed by atoms with E-state index in [2.05, 4.69) is 25.2 Å². The summed E-state index contributed by atoms with van der Waals surface area (Å²) in [5.74, 6) is 1.79. The molecule has 2 atom stereocenters. The molecule has 60 valence electrons. The van der Waals surface area contributed by atoms with Gasteiger partial charge in [-0.15, -0.1) is 0 Å². The van der Waals surface area contributed by atoms with E-state index in [1.165, 1.54) is 25.7 Å². The molecule has 0 amide bonds. The van der Waals surface area contributed by atoms with Crippen LogP contribution in [0.3, 0.4) is 0 Å². The second-order valence-corrected chi connectivity index (χ2v) is 3.86. The molecule has 0 N–H and O–H groups in total. The molecular weight excluding hydrogens is 132 g/mol. The predicted octanol–water partition coefficient (Wildman–Crippen LogP) is 3.31. The van der Waals surface area contributed by atoms with Crippen molar-refractivity contribution in [3.8, 4) is 0 Å². The second kappa shape index (κ2) is 2.84. The zero-order chi connectivity index (χ0) is 7.68. The zero-order valence-corrected chi connectivity index (χ0v) is 7.22. The lowest BCUT2D eigenvalue weighted by atomic mass is 9.75. The van der Waals surface area contributed by atoms with Crippen molar-refractivity contribution in [3.63, 3.8) is 0 Å². The van der Waals surface area contributed by atoms with E-state index < -0.39 is 0 Å². The molecule has 0 saturated heterocycles. The predicted molar refractivity (Wildman–Crippen MR) is 48.3 cm³/mol. The Morgan fingerprint density at radius 2 is 2.36 bits per heavy atom. The van der Waals surface area contributed by atoms with Gasteiger partial charge in [0.25, 0.3) is 0 Å². The number of hydrogen-bond acceptors (Lipinski definition) is 0. The Morgan fingerprint density at radius 3 is 3.18 bits per heavy atom. The highest BCUT2D eigenvalue weighted by Gasteiger charge is 2.23. The van der Waals surface area contributed by atoms with Crippen molar-refractivity contribution in [1.29, 1.82) is 0 Å². The van der Waals surface area contributed by atoms with Crippen molar-refractivity contribution in [2.24, 2.45) is 11.8 Å². The van der Waals surface area contributed by atoms with Crippen LogP contribution in [0.25, 0.3) is 0 Å². The zero-order valence-electron chi connectivity index (χ0n) is 7.22. The Labute approximate surface area is 69.0 Å². The first kappa shape index (κ1) is 7.15. The molecule has 0 fully saturated rings. The lowest BCUT2D eigenvalue weighted by molar-refractivity contribution is 0.364. The molecule has 11 heavy (non-hydrogen) atoms. The molecule has 0 aromatic rings. The summed E-state index contributed by atoms with van der Waals surface area (Å²) in [5.41, 5.74) is 1.62. The van der Waals surface area contributed by atoms with Crippen LogP contribution in [0.2, 0.25) is 0 Å². The summed E-state index contributed by atoms with van der Waals surface area (Å²) in [7, 11) is 0. The minimum Gasteiger partial charge on any atom is -0.0840 e. The third-order valence-corrected chi connectivity index (χ3v) is 3.03. The van der Waals surface area contributed by atoms with Crippen LogP contribution in [0.15, 0.2) is 23.8 Å². The summed E-state index contributed by atoms with van der Waals surface area (Å²) in [5, 5.41) is 0. The molecule has 2 rings (SSSR count). The Kier molecular flexibility index (Phi) is 1.85. The molecule has 2 aliphatic carbocycles. The average Bonchev–Trinajstić information content (AvgIpc) is 2.06. The van der Waals surface area contributed by atoms with E-state index in [1.807, 2.05) is 0 Å². The molecule has 0 spiro atoms. The van der Waals surface area contributed by atoms with Gasteiger partial charge in [-0.25, -0.2) is 0 Å². The first-order chi connectivity index (χ1) is 5.38. The summed E-state index contributed by atoms with van der Waals surface area (Å²) in [4.78, 5) is 0. The quantitative estimate of drug-likeness (QED) is 0.494. The van der Waals surface area contributed by atoms with Gasteiger partial charge in [0.15, 0.2) is 0 Å². The molecule has 0 bridgehead atoms. The first-order valence-electron chi connectivity index (χ1n) is 4.74. The largest absolute Gasteiger partial charge is 0.0840 e. The first-order valence-corrected chi connectivity index (χ1v) is 4.74. The van der Waals surface area contributed by atoms with Crippen LogP contribution in [-0.2, 0) is 0 Å². The van der Waals surface area contributed by atoms with Gasteiger partial charge in [0.2, 0.25) is 0 Å². The van der Waals surface area contributed by atoms with E-state index in [-0.39, 0.29) is 0 Å². The van der Waals surface area contributed by atoms with Crippen LogP contribution >= 0.6 is 0 Å². The third kappa shape index (κ3) is 1.26. The Bertz CT molecular complexity index is 198. The Balaban J connectivity index is 2.24. The van der Waals surface area contributed by atoms with Crippen LogP contribution in [0.5, 0.6) is 0 Å². The second-order valence-electron chi connectivity index (χ2n) is 3.86. The molecule has 2 aliphatic rings. The monoisotopic (exact) mass is 148 g/mol. The van der Waals surface area contributed by atoms with Crippen LogP contribution in [0.4, 0.5) is 0 Å². The van der Waals surface area contributed by atoms with Gasteiger partial charge in [-0.2, -0.15) is 0 Å². The van der Waals surface area contributed by atoms with E-state index in [0.717, 1.165) is 11.8 Å². The van der Waals surface area contributed by atoms with Crippen LogP contribution < -0.4 is 0 Å². The molecule has 0 aromatic heterocycles. The lowest BCUT2D eigenvalue weighted by Gasteiger charge is -2.30. The molecule has 0 heteroatoms. The van der Waals surface area contributed by atoms with Gasteiger partial charge < -0.3 is 0 Å². The minimum absolute atomic E-state index is 0.895. The summed E-state index contributed by atoms with van der Waals surface area (Å²) in [6.07, 6.45) is 12.5. The minimum atomic E-state index is 0.895. The molecule has 0 aliphatic heterocycles. The molecule has 0 radical (unpaired) electrons. The molecule has 0 heterocycles. The number of fused-ring (bicyclic) bond motifs is 1. The molecule has 0 nitrogen and oxygen atoms in total. The molecular formula is C11H16. The van der Waals surface area contributed by atoms with E-state index >= 15 is 0 Å². The molecule has 2 unspecified atom stereocenters. The van der Waals surface area contributed by atoms with Gasteiger partial charge in [0.1, 0.15) is 0 Å². The summed E-state index contributed by atoms with van der Waals surface area (Å²) < 4.78 is 0. The van der Waals surface area contributed by atoms with Crippen molar-refractivity contribution in [2.75, 3.05) is 0 Å².